The molecule has 1 N–H and O–H groups in total. The van der Waals surface area contributed by atoms with Crippen molar-refractivity contribution in [1.82, 2.24) is 19.6 Å². The van der Waals surface area contributed by atoms with Gasteiger partial charge in [-0.05, 0) is 75.6 Å². The maximum atomic E-state index is 13.4. The predicted molar refractivity (Wildman–Crippen MR) is 117 cm³/mol. The lowest BCUT2D eigenvalue weighted by molar-refractivity contribution is 0.102. The first-order valence-corrected chi connectivity index (χ1v) is 10.3. The fourth-order valence-corrected chi connectivity index (χ4v) is 4.23. The van der Waals surface area contributed by atoms with Crippen LogP contribution in [-0.2, 0) is 12.8 Å². The van der Waals surface area contributed by atoms with Crippen molar-refractivity contribution >= 4 is 11.6 Å². The average Bonchev–Trinajstić information content (AvgIpc) is 3.44. The first kappa shape index (κ1) is 19.2. The minimum atomic E-state index is -0.300. The lowest BCUT2D eigenvalue weighted by Crippen LogP contribution is -2.17. The summed E-state index contributed by atoms with van der Waals surface area (Å²) in [6.45, 7) is 3.92. The molecule has 156 valence electrons. The number of rotatable bonds is 4. The van der Waals surface area contributed by atoms with E-state index in [1.165, 1.54) is 12.1 Å². The van der Waals surface area contributed by atoms with Crippen LogP contribution in [0.4, 0.5) is 10.1 Å². The van der Waals surface area contributed by atoms with Crippen molar-refractivity contribution in [2.75, 3.05) is 5.32 Å². The van der Waals surface area contributed by atoms with E-state index >= 15 is 0 Å². The standard InChI is InChI=1S/C24H22FN5O/c1-15-14-16(2)29(27-15)22-8-4-3-7-20(22)26-24(31)23-19-6-5-9-21(19)30(28-23)18-12-10-17(25)11-13-18/h3-4,7-8,10-14H,5-6,9H2,1-2H3,(H,26,31). The van der Waals surface area contributed by atoms with Crippen LogP contribution in [0.15, 0.2) is 54.6 Å². The number of aromatic nitrogens is 4. The number of anilines is 1. The van der Waals surface area contributed by atoms with Crippen LogP contribution in [0.1, 0.15) is 39.6 Å². The Hall–Kier alpha value is -3.74. The summed E-state index contributed by atoms with van der Waals surface area (Å²) in [4.78, 5) is 13.3. The van der Waals surface area contributed by atoms with E-state index in [0.717, 1.165) is 53.3 Å². The number of hydrogen-bond acceptors (Lipinski definition) is 3. The number of nitrogens with zero attached hydrogens (tertiary/aromatic N) is 4. The zero-order valence-corrected chi connectivity index (χ0v) is 17.4. The maximum absolute atomic E-state index is 13.4. The number of hydrogen-bond donors (Lipinski definition) is 1. The highest BCUT2D eigenvalue weighted by atomic mass is 19.1. The van der Waals surface area contributed by atoms with Crippen molar-refractivity contribution < 1.29 is 9.18 Å². The average molecular weight is 415 g/mol. The highest BCUT2D eigenvalue weighted by molar-refractivity contribution is 6.05. The summed E-state index contributed by atoms with van der Waals surface area (Å²) in [5.41, 5.74) is 6.52. The molecule has 5 rings (SSSR count). The van der Waals surface area contributed by atoms with E-state index in [0.29, 0.717) is 11.4 Å². The fourth-order valence-electron chi connectivity index (χ4n) is 4.23. The third-order valence-corrected chi connectivity index (χ3v) is 5.61. The molecule has 0 unspecified atom stereocenters. The van der Waals surface area contributed by atoms with Gasteiger partial charge in [0, 0.05) is 17.0 Å². The molecule has 0 saturated carbocycles. The molecule has 1 amide bonds. The summed E-state index contributed by atoms with van der Waals surface area (Å²) in [7, 11) is 0. The first-order valence-electron chi connectivity index (χ1n) is 10.3. The Labute approximate surface area is 179 Å². The lowest BCUT2D eigenvalue weighted by Gasteiger charge is -2.12. The number of amides is 1. The Bertz CT molecular complexity index is 1290. The summed E-state index contributed by atoms with van der Waals surface area (Å²) in [6, 6.07) is 15.8. The highest BCUT2D eigenvalue weighted by Crippen LogP contribution is 2.29. The molecule has 4 aromatic rings. The van der Waals surface area contributed by atoms with Gasteiger partial charge in [-0.15, -0.1) is 0 Å². The Balaban J connectivity index is 1.51. The SMILES string of the molecule is Cc1cc(C)n(-c2ccccc2NC(=O)c2nn(-c3ccc(F)cc3)c3c2CCC3)n1. The maximum Gasteiger partial charge on any atom is 0.276 e. The van der Waals surface area contributed by atoms with Crippen molar-refractivity contribution in [3.05, 3.63) is 88.8 Å². The van der Waals surface area contributed by atoms with Crippen molar-refractivity contribution in [3.63, 3.8) is 0 Å². The molecule has 0 spiro atoms. The van der Waals surface area contributed by atoms with E-state index in [-0.39, 0.29) is 11.7 Å². The van der Waals surface area contributed by atoms with Crippen LogP contribution in [0.3, 0.4) is 0 Å². The molecule has 6 nitrogen and oxygen atoms in total. The molecule has 0 fully saturated rings. The van der Waals surface area contributed by atoms with Gasteiger partial charge in [-0.2, -0.15) is 10.2 Å². The van der Waals surface area contributed by atoms with Gasteiger partial charge in [0.05, 0.1) is 22.8 Å². The van der Waals surface area contributed by atoms with Crippen LogP contribution in [-0.4, -0.2) is 25.5 Å². The Kier molecular flexibility index (Phi) is 4.66. The number of carbonyl (C=O) groups excluding carboxylic acids is 1. The number of fused-ring (bicyclic) bond motifs is 1. The lowest BCUT2D eigenvalue weighted by atomic mass is 10.2. The number of benzene rings is 2. The topological polar surface area (TPSA) is 64.7 Å². The molecule has 31 heavy (non-hydrogen) atoms. The molecule has 2 heterocycles. The second-order valence-electron chi connectivity index (χ2n) is 7.83. The number of para-hydroxylation sites is 2. The number of nitrogens with one attached hydrogen (secondary N) is 1. The number of carbonyl (C=O) groups is 1. The normalized spacial score (nSPS) is 12.7. The van der Waals surface area contributed by atoms with Gasteiger partial charge in [0.15, 0.2) is 5.69 Å². The number of halogens is 1. The Morgan fingerprint density at radius 1 is 1.00 bits per heavy atom. The van der Waals surface area contributed by atoms with Crippen LogP contribution in [0.5, 0.6) is 0 Å². The highest BCUT2D eigenvalue weighted by Gasteiger charge is 2.27. The smallest absolute Gasteiger partial charge is 0.276 e. The van der Waals surface area contributed by atoms with E-state index in [1.807, 2.05) is 48.9 Å². The Morgan fingerprint density at radius 2 is 1.77 bits per heavy atom. The van der Waals surface area contributed by atoms with Gasteiger partial charge in [0.2, 0.25) is 0 Å². The molecule has 2 aromatic heterocycles. The molecule has 1 aliphatic rings. The van der Waals surface area contributed by atoms with Gasteiger partial charge in [-0.3, -0.25) is 4.79 Å². The van der Waals surface area contributed by atoms with Crippen LogP contribution in [0, 0.1) is 19.7 Å². The number of aryl methyl sites for hydroxylation is 2. The third-order valence-electron chi connectivity index (χ3n) is 5.61. The minimum Gasteiger partial charge on any atom is -0.319 e. The molecule has 0 radical (unpaired) electrons. The van der Waals surface area contributed by atoms with E-state index in [4.69, 9.17) is 0 Å². The largest absolute Gasteiger partial charge is 0.319 e. The van der Waals surface area contributed by atoms with Crippen molar-refractivity contribution in [2.45, 2.75) is 33.1 Å². The predicted octanol–water partition coefficient (Wildman–Crippen LogP) is 4.55. The van der Waals surface area contributed by atoms with Gasteiger partial charge < -0.3 is 5.32 Å². The van der Waals surface area contributed by atoms with E-state index in [9.17, 15) is 9.18 Å². The molecular weight excluding hydrogens is 393 g/mol. The summed E-state index contributed by atoms with van der Waals surface area (Å²) in [5.74, 6) is -0.556. The summed E-state index contributed by atoms with van der Waals surface area (Å²) in [6.07, 6.45) is 2.62. The quantitative estimate of drug-likeness (QED) is 0.532. The van der Waals surface area contributed by atoms with Crippen molar-refractivity contribution in [2.24, 2.45) is 0 Å². The third kappa shape index (κ3) is 3.42. The van der Waals surface area contributed by atoms with Crippen molar-refractivity contribution in [1.29, 1.82) is 0 Å². The molecule has 1 aliphatic carbocycles. The van der Waals surface area contributed by atoms with Crippen LogP contribution < -0.4 is 5.32 Å². The first-order chi connectivity index (χ1) is 15.0. The van der Waals surface area contributed by atoms with Crippen LogP contribution in [0.25, 0.3) is 11.4 Å². The molecule has 2 aromatic carbocycles. The van der Waals surface area contributed by atoms with Crippen molar-refractivity contribution in [3.8, 4) is 11.4 Å². The summed E-state index contributed by atoms with van der Waals surface area (Å²) >= 11 is 0. The minimum absolute atomic E-state index is 0.256. The van der Waals surface area contributed by atoms with Gasteiger partial charge >= 0.3 is 0 Å². The summed E-state index contributed by atoms with van der Waals surface area (Å²) < 4.78 is 17.0. The molecule has 7 heteroatoms. The monoisotopic (exact) mass is 415 g/mol. The van der Waals surface area contributed by atoms with E-state index in [2.05, 4.69) is 15.5 Å². The van der Waals surface area contributed by atoms with Gasteiger partial charge in [-0.25, -0.2) is 13.8 Å². The van der Waals surface area contributed by atoms with E-state index < -0.39 is 0 Å². The van der Waals surface area contributed by atoms with Gasteiger partial charge in [0.1, 0.15) is 5.82 Å². The second-order valence-corrected chi connectivity index (χ2v) is 7.83. The van der Waals surface area contributed by atoms with E-state index in [1.54, 1.807) is 16.8 Å². The summed E-state index contributed by atoms with van der Waals surface area (Å²) in [5, 5.41) is 12.2. The fraction of sp³-hybridized carbons (Fsp3) is 0.208. The molecule has 0 bridgehead atoms. The van der Waals surface area contributed by atoms with Gasteiger partial charge in [0.25, 0.3) is 5.91 Å². The van der Waals surface area contributed by atoms with Crippen LogP contribution in [0.2, 0.25) is 0 Å². The molecule has 0 aliphatic heterocycles. The molecule has 0 saturated heterocycles. The second kappa shape index (κ2) is 7.50. The van der Waals surface area contributed by atoms with Gasteiger partial charge in [-0.1, -0.05) is 12.1 Å². The van der Waals surface area contributed by atoms with Crippen LogP contribution >= 0.6 is 0 Å². The zero-order valence-electron chi connectivity index (χ0n) is 17.4. The molecule has 0 atom stereocenters. The molecular formula is C24H22FN5O. The zero-order chi connectivity index (χ0) is 21.5. The Morgan fingerprint density at radius 3 is 2.52 bits per heavy atom.